The Balaban J connectivity index is 2.07. The molecule has 1 aliphatic rings. The van der Waals surface area contributed by atoms with E-state index in [1.165, 1.54) is 12.1 Å². The molecule has 2 rings (SSSR count). The van der Waals surface area contributed by atoms with Crippen molar-refractivity contribution in [1.82, 2.24) is 10.2 Å². The van der Waals surface area contributed by atoms with Crippen molar-refractivity contribution < 1.29 is 9.18 Å². The maximum atomic E-state index is 13.2. The molecule has 1 aliphatic heterocycles. The molecule has 20 heavy (non-hydrogen) atoms. The number of halogens is 1. The number of amides is 1. The fourth-order valence-corrected chi connectivity index (χ4v) is 2.86. The van der Waals surface area contributed by atoms with Gasteiger partial charge in [-0.2, -0.15) is 0 Å². The lowest BCUT2D eigenvalue weighted by molar-refractivity contribution is -0.129. The van der Waals surface area contributed by atoms with Crippen LogP contribution in [0.5, 0.6) is 0 Å². The van der Waals surface area contributed by atoms with E-state index < -0.39 is 0 Å². The Morgan fingerprint density at radius 1 is 1.50 bits per heavy atom. The fourth-order valence-electron chi connectivity index (χ4n) is 2.86. The third-order valence-electron chi connectivity index (χ3n) is 4.11. The highest BCUT2D eigenvalue weighted by atomic mass is 19.1. The van der Waals surface area contributed by atoms with Crippen LogP contribution in [0.3, 0.4) is 0 Å². The molecule has 1 amide bonds. The van der Waals surface area contributed by atoms with Crippen molar-refractivity contribution in [3.8, 4) is 0 Å². The van der Waals surface area contributed by atoms with Gasteiger partial charge in [0.05, 0.1) is 5.41 Å². The van der Waals surface area contributed by atoms with Crippen LogP contribution in [0.15, 0.2) is 18.2 Å². The van der Waals surface area contributed by atoms with E-state index in [1.807, 2.05) is 6.92 Å². The normalized spacial score (nSPS) is 23.0. The van der Waals surface area contributed by atoms with Gasteiger partial charge in [-0.1, -0.05) is 6.07 Å². The van der Waals surface area contributed by atoms with E-state index in [2.05, 4.69) is 10.2 Å². The minimum atomic E-state index is -0.336. The van der Waals surface area contributed by atoms with Crippen LogP contribution < -0.4 is 11.1 Å². The second kappa shape index (κ2) is 5.89. The molecular weight excluding hydrogens is 257 g/mol. The minimum Gasteiger partial charge on any atom is -0.359 e. The summed E-state index contributed by atoms with van der Waals surface area (Å²) < 4.78 is 13.2. The SMILES string of the molecule is CNC(=O)C1(C)CCN(Cc2ccc(F)cc2CN)C1. The molecule has 1 saturated heterocycles. The second-order valence-electron chi connectivity index (χ2n) is 5.72. The molecule has 1 unspecified atom stereocenters. The standard InChI is InChI=1S/C15H22FN3O/c1-15(14(20)18-2)5-6-19(10-15)9-11-3-4-13(16)7-12(11)8-17/h3-4,7H,5-6,8-10,17H2,1-2H3,(H,18,20). The zero-order valence-corrected chi connectivity index (χ0v) is 12.1. The number of carbonyl (C=O) groups is 1. The fraction of sp³-hybridized carbons (Fsp3) is 0.533. The van der Waals surface area contributed by atoms with E-state index in [-0.39, 0.29) is 17.1 Å². The first kappa shape index (κ1) is 14.9. The van der Waals surface area contributed by atoms with Crippen LogP contribution in [-0.4, -0.2) is 30.9 Å². The molecule has 0 saturated carbocycles. The molecule has 5 heteroatoms. The minimum absolute atomic E-state index is 0.0816. The topological polar surface area (TPSA) is 58.4 Å². The molecule has 0 radical (unpaired) electrons. The highest BCUT2D eigenvalue weighted by molar-refractivity contribution is 5.82. The molecule has 1 aromatic rings. The van der Waals surface area contributed by atoms with Crippen LogP contribution in [0, 0.1) is 11.2 Å². The van der Waals surface area contributed by atoms with E-state index in [9.17, 15) is 9.18 Å². The number of carbonyl (C=O) groups excluding carboxylic acids is 1. The molecule has 4 nitrogen and oxygen atoms in total. The van der Waals surface area contributed by atoms with Gasteiger partial charge in [0.25, 0.3) is 0 Å². The largest absolute Gasteiger partial charge is 0.359 e. The Bertz CT molecular complexity index is 506. The van der Waals surface area contributed by atoms with Gasteiger partial charge < -0.3 is 11.1 Å². The highest BCUT2D eigenvalue weighted by Gasteiger charge is 2.39. The Labute approximate surface area is 119 Å². The number of benzene rings is 1. The van der Waals surface area contributed by atoms with Gasteiger partial charge in [0.1, 0.15) is 5.82 Å². The summed E-state index contributed by atoms with van der Waals surface area (Å²) in [7, 11) is 1.67. The van der Waals surface area contributed by atoms with Gasteiger partial charge in [0.2, 0.25) is 5.91 Å². The van der Waals surface area contributed by atoms with Crippen LogP contribution >= 0.6 is 0 Å². The number of rotatable bonds is 4. The number of nitrogens with two attached hydrogens (primary N) is 1. The van der Waals surface area contributed by atoms with Gasteiger partial charge in [-0.05, 0) is 43.1 Å². The molecule has 110 valence electrons. The average molecular weight is 279 g/mol. The van der Waals surface area contributed by atoms with Gasteiger partial charge in [-0.3, -0.25) is 9.69 Å². The summed E-state index contributed by atoms with van der Waals surface area (Å²) in [5.41, 5.74) is 7.20. The predicted molar refractivity (Wildman–Crippen MR) is 76.4 cm³/mol. The van der Waals surface area contributed by atoms with Gasteiger partial charge in [-0.25, -0.2) is 4.39 Å². The van der Waals surface area contributed by atoms with E-state index >= 15 is 0 Å². The van der Waals surface area contributed by atoms with Gasteiger partial charge >= 0.3 is 0 Å². The molecule has 1 heterocycles. The second-order valence-corrected chi connectivity index (χ2v) is 5.72. The lowest BCUT2D eigenvalue weighted by Crippen LogP contribution is -2.39. The van der Waals surface area contributed by atoms with Crippen LogP contribution in [0.1, 0.15) is 24.5 Å². The summed E-state index contributed by atoms with van der Waals surface area (Å²) >= 11 is 0. The van der Waals surface area contributed by atoms with Crippen LogP contribution in [0.25, 0.3) is 0 Å². The third-order valence-corrected chi connectivity index (χ3v) is 4.11. The van der Waals surface area contributed by atoms with Crippen LogP contribution in [0.2, 0.25) is 0 Å². The Morgan fingerprint density at radius 3 is 2.90 bits per heavy atom. The number of nitrogens with zero attached hydrogens (tertiary/aromatic N) is 1. The van der Waals surface area contributed by atoms with Crippen LogP contribution in [-0.2, 0) is 17.9 Å². The molecule has 0 aliphatic carbocycles. The van der Waals surface area contributed by atoms with E-state index in [0.717, 1.165) is 24.1 Å². The summed E-state index contributed by atoms with van der Waals surface area (Å²) in [4.78, 5) is 14.1. The summed E-state index contributed by atoms with van der Waals surface area (Å²) in [6, 6.07) is 4.74. The number of hydrogen-bond acceptors (Lipinski definition) is 3. The molecule has 1 fully saturated rings. The average Bonchev–Trinajstić information content (AvgIpc) is 2.82. The summed E-state index contributed by atoms with van der Waals surface area (Å²) in [6.07, 6.45) is 0.839. The van der Waals surface area contributed by atoms with Crippen molar-refractivity contribution >= 4 is 5.91 Å². The van der Waals surface area contributed by atoms with Crippen LogP contribution in [0.4, 0.5) is 4.39 Å². The summed E-state index contributed by atoms with van der Waals surface area (Å²) in [6.45, 7) is 4.60. The van der Waals surface area contributed by atoms with Gasteiger partial charge in [0.15, 0.2) is 0 Å². The Kier molecular flexibility index (Phi) is 4.40. The molecule has 1 atom stereocenters. The zero-order valence-electron chi connectivity index (χ0n) is 12.1. The molecule has 0 aromatic heterocycles. The molecule has 1 aromatic carbocycles. The predicted octanol–water partition coefficient (Wildman–Crippen LogP) is 1.24. The summed E-state index contributed by atoms with van der Waals surface area (Å²) in [5.74, 6) is -0.177. The summed E-state index contributed by atoms with van der Waals surface area (Å²) in [5, 5.41) is 2.73. The van der Waals surface area contributed by atoms with Crippen molar-refractivity contribution in [1.29, 1.82) is 0 Å². The van der Waals surface area contributed by atoms with Crippen molar-refractivity contribution in [2.75, 3.05) is 20.1 Å². The molecule has 3 N–H and O–H groups in total. The molecule has 0 spiro atoms. The number of nitrogens with one attached hydrogen (secondary N) is 1. The monoisotopic (exact) mass is 279 g/mol. The first-order valence-corrected chi connectivity index (χ1v) is 6.90. The Hall–Kier alpha value is -1.46. The first-order chi connectivity index (χ1) is 9.48. The maximum absolute atomic E-state index is 13.2. The smallest absolute Gasteiger partial charge is 0.227 e. The zero-order chi connectivity index (χ0) is 14.8. The van der Waals surface area contributed by atoms with E-state index in [0.29, 0.717) is 19.6 Å². The van der Waals surface area contributed by atoms with Gasteiger partial charge in [0, 0.05) is 26.7 Å². The van der Waals surface area contributed by atoms with Crippen molar-refractivity contribution in [2.45, 2.75) is 26.4 Å². The van der Waals surface area contributed by atoms with Crippen molar-refractivity contribution in [2.24, 2.45) is 11.1 Å². The molecular formula is C15H22FN3O. The number of likely N-dealkylation sites (tertiary alicyclic amines) is 1. The number of hydrogen-bond donors (Lipinski definition) is 2. The van der Waals surface area contributed by atoms with E-state index in [4.69, 9.17) is 5.73 Å². The lowest BCUT2D eigenvalue weighted by atomic mass is 9.89. The highest BCUT2D eigenvalue weighted by Crippen LogP contribution is 2.31. The quantitative estimate of drug-likeness (QED) is 0.872. The maximum Gasteiger partial charge on any atom is 0.227 e. The Morgan fingerprint density at radius 2 is 2.25 bits per heavy atom. The van der Waals surface area contributed by atoms with Crippen molar-refractivity contribution in [3.63, 3.8) is 0 Å². The van der Waals surface area contributed by atoms with Crippen molar-refractivity contribution in [3.05, 3.63) is 35.1 Å². The van der Waals surface area contributed by atoms with E-state index in [1.54, 1.807) is 13.1 Å². The molecule has 0 bridgehead atoms. The van der Waals surface area contributed by atoms with Gasteiger partial charge in [-0.15, -0.1) is 0 Å². The first-order valence-electron chi connectivity index (χ1n) is 6.90. The lowest BCUT2D eigenvalue weighted by Gasteiger charge is -2.23. The third kappa shape index (κ3) is 2.99.